The van der Waals surface area contributed by atoms with Crippen LogP contribution in [0.5, 0.6) is 0 Å². The van der Waals surface area contributed by atoms with Crippen LogP contribution in [-0.2, 0) is 13.0 Å². The molecule has 3 nitrogen and oxygen atoms in total. The summed E-state index contributed by atoms with van der Waals surface area (Å²) in [5, 5.41) is 3.58. The summed E-state index contributed by atoms with van der Waals surface area (Å²) in [7, 11) is 2.18. The minimum atomic E-state index is 0.561. The number of rotatable bonds is 1. The first-order valence-corrected chi connectivity index (χ1v) is 6.22. The first kappa shape index (κ1) is 10.2. The van der Waals surface area contributed by atoms with Crippen molar-refractivity contribution < 1.29 is 0 Å². The molecule has 3 heterocycles. The van der Waals surface area contributed by atoms with E-state index in [4.69, 9.17) is 0 Å². The third-order valence-corrected chi connectivity index (χ3v) is 3.80. The lowest BCUT2D eigenvalue weighted by molar-refractivity contribution is 0.310. The van der Waals surface area contributed by atoms with Gasteiger partial charge in [-0.2, -0.15) is 0 Å². The van der Waals surface area contributed by atoms with Gasteiger partial charge in [-0.15, -0.1) is 0 Å². The molecule has 0 aromatic carbocycles. The van der Waals surface area contributed by atoms with Crippen molar-refractivity contribution in [1.82, 2.24) is 15.2 Å². The summed E-state index contributed by atoms with van der Waals surface area (Å²) in [4.78, 5) is 6.78. The zero-order chi connectivity index (χ0) is 11.0. The summed E-state index contributed by atoms with van der Waals surface area (Å²) in [6, 6.07) is 0.561. The molecule has 16 heavy (non-hydrogen) atoms. The number of nitrogens with one attached hydrogen (secondary N) is 1. The van der Waals surface area contributed by atoms with E-state index in [1.54, 1.807) is 5.56 Å². The fraction of sp³-hybridized carbons (Fsp3) is 0.615. The van der Waals surface area contributed by atoms with Crippen molar-refractivity contribution in [2.75, 3.05) is 20.1 Å². The Morgan fingerprint density at radius 3 is 3.19 bits per heavy atom. The van der Waals surface area contributed by atoms with E-state index >= 15 is 0 Å². The summed E-state index contributed by atoms with van der Waals surface area (Å²) in [6.07, 6.45) is 7.88. The molecule has 0 spiro atoms. The molecular weight excluding hydrogens is 198 g/mol. The van der Waals surface area contributed by atoms with E-state index in [1.807, 2.05) is 6.20 Å². The Morgan fingerprint density at radius 1 is 1.44 bits per heavy atom. The van der Waals surface area contributed by atoms with Crippen molar-refractivity contribution >= 4 is 0 Å². The fourth-order valence-electron chi connectivity index (χ4n) is 2.91. The summed E-state index contributed by atoms with van der Waals surface area (Å²) in [6.45, 7) is 3.40. The predicted molar refractivity (Wildman–Crippen MR) is 64.3 cm³/mol. The zero-order valence-corrected chi connectivity index (χ0v) is 9.87. The highest BCUT2D eigenvalue weighted by molar-refractivity contribution is 5.36. The standard InChI is InChI=1S/C13H19N3/c1-16-6-4-11-10(9-16)7-14-8-12(11)13-3-2-5-15-13/h7-8,13,15H,2-6,9H2,1H3. The third kappa shape index (κ3) is 1.74. The van der Waals surface area contributed by atoms with Crippen LogP contribution in [0.1, 0.15) is 35.6 Å². The lowest BCUT2D eigenvalue weighted by Gasteiger charge is -2.27. The van der Waals surface area contributed by atoms with Crippen LogP contribution in [0.2, 0.25) is 0 Å². The molecule has 2 aliphatic heterocycles. The van der Waals surface area contributed by atoms with Crippen LogP contribution < -0.4 is 5.32 Å². The molecule has 1 saturated heterocycles. The molecule has 0 radical (unpaired) electrons. The second-order valence-corrected chi connectivity index (χ2v) is 5.00. The van der Waals surface area contributed by atoms with E-state index in [9.17, 15) is 0 Å². The van der Waals surface area contributed by atoms with Gasteiger partial charge in [0.1, 0.15) is 0 Å². The highest BCUT2D eigenvalue weighted by Crippen LogP contribution is 2.29. The molecule has 0 saturated carbocycles. The summed E-state index contributed by atoms with van der Waals surface area (Å²) >= 11 is 0. The lowest BCUT2D eigenvalue weighted by atomic mass is 9.93. The highest BCUT2D eigenvalue weighted by atomic mass is 15.1. The first-order valence-electron chi connectivity index (χ1n) is 6.22. The Bertz CT molecular complexity index is 383. The van der Waals surface area contributed by atoms with Crippen molar-refractivity contribution in [2.45, 2.75) is 31.8 Å². The lowest BCUT2D eigenvalue weighted by Crippen LogP contribution is -2.28. The molecule has 1 aromatic rings. The second kappa shape index (κ2) is 4.15. The molecule has 0 amide bonds. The number of aromatic nitrogens is 1. The van der Waals surface area contributed by atoms with Gasteiger partial charge >= 0.3 is 0 Å². The molecule has 0 aliphatic carbocycles. The Hall–Kier alpha value is -0.930. The number of pyridine rings is 1. The number of nitrogens with zero attached hydrogens (tertiary/aromatic N) is 2. The quantitative estimate of drug-likeness (QED) is 0.772. The van der Waals surface area contributed by atoms with Crippen molar-refractivity contribution in [3.63, 3.8) is 0 Å². The third-order valence-electron chi connectivity index (χ3n) is 3.80. The molecule has 1 fully saturated rings. The van der Waals surface area contributed by atoms with Gasteiger partial charge in [0.2, 0.25) is 0 Å². The predicted octanol–water partition coefficient (Wildman–Crippen LogP) is 1.49. The fourth-order valence-corrected chi connectivity index (χ4v) is 2.91. The summed E-state index contributed by atoms with van der Waals surface area (Å²) in [5.74, 6) is 0. The smallest absolute Gasteiger partial charge is 0.0338 e. The van der Waals surface area contributed by atoms with Gasteiger partial charge in [0, 0.05) is 31.5 Å². The Labute approximate surface area is 96.9 Å². The van der Waals surface area contributed by atoms with Crippen LogP contribution in [0, 0.1) is 0 Å². The van der Waals surface area contributed by atoms with Crippen LogP contribution in [0.25, 0.3) is 0 Å². The number of hydrogen-bond donors (Lipinski definition) is 1. The summed E-state index contributed by atoms with van der Waals surface area (Å²) in [5.41, 5.74) is 4.45. The van der Waals surface area contributed by atoms with Gasteiger partial charge in [-0.3, -0.25) is 4.98 Å². The topological polar surface area (TPSA) is 28.2 Å². The molecule has 0 bridgehead atoms. The molecule has 1 aromatic heterocycles. The van der Waals surface area contributed by atoms with E-state index in [1.165, 1.54) is 36.9 Å². The molecular formula is C13H19N3. The second-order valence-electron chi connectivity index (χ2n) is 5.00. The van der Waals surface area contributed by atoms with Gasteiger partial charge in [-0.25, -0.2) is 0 Å². The average Bonchev–Trinajstić information content (AvgIpc) is 2.81. The molecule has 1 N–H and O–H groups in total. The maximum atomic E-state index is 4.41. The minimum absolute atomic E-state index is 0.561. The number of hydrogen-bond acceptors (Lipinski definition) is 3. The van der Waals surface area contributed by atoms with Gasteiger partial charge in [0.25, 0.3) is 0 Å². The van der Waals surface area contributed by atoms with Crippen LogP contribution >= 0.6 is 0 Å². The Morgan fingerprint density at radius 2 is 2.38 bits per heavy atom. The minimum Gasteiger partial charge on any atom is -0.310 e. The average molecular weight is 217 g/mol. The zero-order valence-electron chi connectivity index (χ0n) is 9.87. The van der Waals surface area contributed by atoms with E-state index in [0.29, 0.717) is 6.04 Å². The van der Waals surface area contributed by atoms with Crippen molar-refractivity contribution in [3.8, 4) is 0 Å². The highest BCUT2D eigenvalue weighted by Gasteiger charge is 2.23. The van der Waals surface area contributed by atoms with Gasteiger partial charge in [0.05, 0.1) is 0 Å². The van der Waals surface area contributed by atoms with Gasteiger partial charge in [0.15, 0.2) is 0 Å². The van der Waals surface area contributed by atoms with Crippen molar-refractivity contribution in [1.29, 1.82) is 0 Å². The van der Waals surface area contributed by atoms with Crippen molar-refractivity contribution in [2.24, 2.45) is 0 Å². The van der Waals surface area contributed by atoms with Crippen LogP contribution in [-0.4, -0.2) is 30.0 Å². The van der Waals surface area contributed by atoms with Gasteiger partial charge in [-0.05, 0) is 49.5 Å². The van der Waals surface area contributed by atoms with Crippen molar-refractivity contribution in [3.05, 3.63) is 29.1 Å². The van der Waals surface area contributed by atoms with Gasteiger partial charge in [-0.1, -0.05) is 0 Å². The van der Waals surface area contributed by atoms with E-state index in [-0.39, 0.29) is 0 Å². The van der Waals surface area contributed by atoms with Crippen LogP contribution in [0.4, 0.5) is 0 Å². The SMILES string of the molecule is CN1CCc2c(cncc2C2CCCN2)C1. The first-order chi connectivity index (χ1) is 7.84. The normalized spacial score (nSPS) is 25.7. The number of fused-ring (bicyclic) bond motifs is 1. The van der Waals surface area contributed by atoms with E-state index in [2.05, 4.69) is 28.4 Å². The molecule has 3 rings (SSSR count). The van der Waals surface area contributed by atoms with E-state index < -0.39 is 0 Å². The van der Waals surface area contributed by atoms with Crippen LogP contribution in [0.3, 0.4) is 0 Å². The molecule has 2 aliphatic rings. The Balaban J connectivity index is 1.96. The molecule has 86 valence electrons. The van der Waals surface area contributed by atoms with Gasteiger partial charge < -0.3 is 10.2 Å². The number of likely N-dealkylation sites (N-methyl/N-ethyl adjacent to an activating group) is 1. The van der Waals surface area contributed by atoms with Crippen LogP contribution in [0.15, 0.2) is 12.4 Å². The monoisotopic (exact) mass is 217 g/mol. The molecule has 1 atom stereocenters. The maximum absolute atomic E-state index is 4.41. The maximum Gasteiger partial charge on any atom is 0.0338 e. The molecule has 1 unspecified atom stereocenters. The Kier molecular flexibility index (Phi) is 2.65. The molecule has 3 heteroatoms. The summed E-state index contributed by atoms with van der Waals surface area (Å²) < 4.78 is 0. The largest absolute Gasteiger partial charge is 0.310 e. The van der Waals surface area contributed by atoms with E-state index in [0.717, 1.165) is 13.1 Å².